The molecule has 2 rings (SSSR count). The molecule has 2 aromatic rings. The monoisotopic (exact) mass is 419 g/mol. The van der Waals surface area contributed by atoms with Crippen molar-refractivity contribution in [2.24, 2.45) is 0 Å². The summed E-state index contributed by atoms with van der Waals surface area (Å²) in [5, 5.41) is 3.32. The fourth-order valence-electron chi connectivity index (χ4n) is 2.57. The van der Waals surface area contributed by atoms with E-state index in [1.54, 1.807) is 0 Å². The van der Waals surface area contributed by atoms with Gasteiger partial charge in [0.05, 0.1) is 18.8 Å². The van der Waals surface area contributed by atoms with Gasteiger partial charge in [-0.05, 0) is 32.8 Å². The zero-order chi connectivity index (χ0) is 21.1. The Hall–Kier alpha value is -2.29. The highest BCUT2D eigenvalue weighted by Gasteiger charge is 2.18. The maximum Gasteiger partial charge on any atom is 0.249 e. The van der Waals surface area contributed by atoms with Gasteiger partial charge in [0.2, 0.25) is 11.8 Å². The Balaban J connectivity index is 1.87. The average Bonchev–Trinajstić information content (AvgIpc) is 3.01. The third-order valence-electron chi connectivity index (χ3n) is 4.22. The number of aromatic nitrogens is 1. The SMILES string of the molecule is CCOCCCN(CC(=O)Nc1nc(C)c(C)s1)C(=O)COCc1ccccc1. The lowest BCUT2D eigenvalue weighted by molar-refractivity contribution is -0.139. The molecule has 8 heteroatoms. The topological polar surface area (TPSA) is 80.8 Å². The van der Waals surface area contributed by atoms with E-state index in [-0.39, 0.29) is 25.0 Å². The Bertz CT molecular complexity index is 760. The number of carbonyl (C=O) groups excluding carboxylic acids is 2. The van der Waals surface area contributed by atoms with Gasteiger partial charge in [0.1, 0.15) is 6.61 Å². The van der Waals surface area contributed by atoms with E-state index in [9.17, 15) is 9.59 Å². The maximum atomic E-state index is 12.6. The van der Waals surface area contributed by atoms with Crippen molar-refractivity contribution in [2.75, 3.05) is 38.2 Å². The molecule has 1 aromatic carbocycles. The normalized spacial score (nSPS) is 10.7. The molecule has 0 aliphatic heterocycles. The number of ether oxygens (including phenoxy) is 2. The zero-order valence-electron chi connectivity index (χ0n) is 17.3. The molecule has 2 amide bonds. The largest absolute Gasteiger partial charge is 0.382 e. The number of benzene rings is 1. The standard InChI is InChI=1S/C21H29N3O4S/c1-4-27-12-8-11-24(13-19(25)23-21-22-16(2)17(3)29-21)20(26)15-28-14-18-9-6-5-7-10-18/h5-7,9-10H,4,8,11-15H2,1-3H3,(H,22,23,25). The van der Waals surface area contributed by atoms with Gasteiger partial charge in [-0.3, -0.25) is 9.59 Å². The molecule has 0 radical (unpaired) electrons. The van der Waals surface area contributed by atoms with E-state index in [0.29, 0.717) is 37.9 Å². The Kier molecular flexibility index (Phi) is 9.76. The van der Waals surface area contributed by atoms with E-state index >= 15 is 0 Å². The van der Waals surface area contributed by atoms with Crippen LogP contribution in [-0.4, -0.2) is 54.6 Å². The molecule has 1 aromatic heterocycles. The van der Waals surface area contributed by atoms with Gasteiger partial charge in [-0.1, -0.05) is 30.3 Å². The first-order valence-corrected chi connectivity index (χ1v) is 10.5. The third-order valence-corrected chi connectivity index (χ3v) is 5.21. The molecular formula is C21H29N3O4S. The van der Waals surface area contributed by atoms with Gasteiger partial charge in [-0.25, -0.2) is 4.98 Å². The van der Waals surface area contributed by atoms with Crippen LogP contribution in [0.15, 0.2) is 30.3 Å². The average molecular weight is 420 g/mol. The summed E-state index contributed by atoms with van der Waals surface area (Å²) in [6.07, 6.45) is 0.654. The first kappa shape index (κ1) is 23.0. The summed E-state index contributed by atoms with van der Waals surface area (Å²) in [6, 6.07) is 9.66. The summed E-state index contributed by atoms with van der Waals surface area (Å²) in [6.45, 7) is 7.59. The Labute approximate surface area is 176 Å². The van der Waals surface area contributed by atoms with Crippen LogP contribution in [0.1, 0.15) is 29.5 Å². The Morgan fingerprint density at radius 3 is 2.59 bits per heavy atom. The van der Waals surface area contributed by atoms with Crippen molar-refractivity contribution in [2.45, 2.75) is 33.8 Å². The van der Waals surface area contributed by atoms with Crippen LogP contribution in [0.25, 0.3) is 0 Å². The highest BCUT2D eigenvalue weighted by molar-refractivity contribution is 7.15. The van der Waals surface area contributed by atoms with Crippen LogP contribution in [-0.2, 0) is 25.7 Å². The molecule has 0 atom stereocenters. The van der Waals surface area contributed by atoms with E-state index in [0.717, 1.165) is 16.1 Å². The first-order chi connectivity index (χ1) is 14.0. The predicted molar refractivity (Wildman–Crippen MR) is 114 cm³/mol. The first-order valence-electron chi connectivity index (χ1n) is 9.70. The van der Waals surface area contributed by atoms with E-state index in [4.69, 9.17) is 9.47 Å². The molecule has 0 saturated heterocycles. The fraction of sp³-hybridized carbons (Fsp3) is 0.476. The minimum absolute atomic E-state index is 0.0443. The second-order valence-electron chi connectivity index (χ2n) is 6.55. The number of hydrogen-bond acceptors (Lipinski definition) is 6. The van der Waals surface area contributed by atoms with Crippen LogP contribution in [0, 0.1) is 13.8 Å². The lowest BCUT2D eigenvalue weighted by atomic mass is 10.2. The van der Waals surface area contributed by atoms with Crippen LogP contribution in [0.5, 0.6) is 0 Å². The number of anilines is 1. The van der Waals surface area contributed by atoms with Gasteiger partial charge in [-0.2, -0.15) is 0 Å². The number of carbonyl (C=O) groups is 2. The van der Waals surface area contributed by atoms with Crippen LogP contribution < -0.4 is 5.32 Å². The van der Waals surface area contributed by atoms with Crippen molar-refractivity contribution in [3.05, 3.63) is 46.5 Å². The smallest absolute Gasteiger partial charge is 0.249 e. The molecule has 0 bridgehead atoms. The Morgan fingerprint density at radius 2 is 1.93 bits per heavy atom. The highest BCUT2D eigenvalue weighted by atomic mass is 32.1. The van der Waals surface area contributed by atoms with Crippen molar-refractivity contribution in [1.29, 1.82) is 0 Å². The van der Waals surface area contributed by atoms with Gasteiger partial charge in [0.25, 0.3) is 0 Å². The molecule has 0 unspecified atom stereocenters. The highest BCUT2D eigenvalue weighted by Crippen LogP contribution is 2.20. The number of nitrogens with zero attached hydrogens (tertiary/aromatic N) is 2. The molecule has 29 heavy (non-hydrogen) atoms. The van der Waals surface area contributed by atoms with Crippen molar-refractivity contribution >= 4 is 28.3 Å². The molecule has 0 saturated carbocycles. The summed E-state index contributed by atoms with van der Waals surface area (Å²) < 4.78 is 10.9. The fourth-order valence-corrected chi connectivity index (χ4v) is 3.40. The molecule has 1 N–H and O–H groups in total. The lowest BCUT2D eigenvalue weighted by Gasteiger charge is -2.22. The molecule has 1 heterocycles. The van der Waals surface area contributed by atoms with Crippen LogP contribution >= 0.6 is 11.3 Å². The van der Waals surface area contributed by atoms with Crippen LogP contribution in [0.3, 0.4) is 0 Å². The molecule has 0 fully saturated rings. The zero-order valence-corrected chi connectivity index (χ0v) is 18.1. The van der Waals surface area contributed by atoms with Gasteiger partial charge < -0.3 is 19.7 Å². The van der Waals surface area contributed by atoms with Crippen LogP contribution in [0.4, 0.5) is 5.13 Å². The minimum atomic E-state index is -0.272. The van der Waals surface area contributed by atoms with E-state index in [2.05, 4.69) is 10.3 Å². The minimum Gasteiger partial charge on any atom is -0.382 e. The molecule has 158 valence electrons. The molecule has 0 spiro atoms. The summed E-state index contributed by atoms with van der Waals surface area (Å²) in [4.78, 5) is 31.9. The Morgan fingerprint density at radius 1 is 1.17 bits per heavy atom. The van der Waals surface area contributed by atoms with Crippen molar-refractivity contribution in [3.63, 3.8) is 0 Å². The predicted octanol–water partition coefficient (Wildman–Crippen LogP) is 3.17. The number of aryl methyl sites for hydroxylation is 2. The second-order valence-corrected chi connectivity index (χ2v) is 7.76. The number of nitrogens with one attached hydrogen (secondary N) is 1. The van der Waals surface area contributed by atoms with E-state index in [1.165, 1.54) is 16.2 Å². The van der Waals surface area contributed by atoms with E-state index in [1.807, 2.05) is 51.1 Å². The summed E-state index contributed by atoms with van der Waals surface area (Å²) >= 11 is 1.42. The number of rotatable bonds is 12. The maximum absolute atomic E-state index is 12.6. The quantitative estimate of drug-likeness (QED) is 0.535. The van der Waals surface area contributed by atoms with Gasteiger partial charge in [-0.15, -0.1) is 11.3 Å². The number of amides is 2. The van der Waals surface area contributed by atoms with Crippen LogP contribution in [0.2, 0.25) is 0 Å². The van der Waals surface area contributed by atoms with Gasteiger partial charge in [0.15, 0.2) is 5.13 Å². The summed E-state index contributed by atoms with van der Waals surface area (Å²) in [7, 11) is 0. The van der Waals surface area contributed by atoms with Crippen molar-refractivity contribution < 1.29 is 19.1 Å². The molecule has 7 nitrogen and oxygen atoms in total. The third kappa shape index (κ3) is 8.31. The van der Waals surface area contributed by atoms with E-state index < -0.39 is 0 Å². The summed E-state index contributed by atoms with van der Waals surface area (Å²) in [5.74, 6) is -0.495. The number of hydrogen-bond donors (Lipinski definition) is 1. The molecule has 0 aliphatic rings. The van der Waals surface area contributed by atoms with Gasteiger partial charge in [0, 0.05) is 24.6 Å². The second kappa shape index (κ2) is 12.3. The lowest BCUT2D eigenvalue weighted by Crippen LogP contribution is -2.41. The summed E-state index contributed by atoms with van der Waals surface area (Å²) in [5.41, 5.74) is 1.89. The molecule has 0 aliphatic carbocycles. The van der Waals surface area contributed by atoms with Gasteiger partial charge >= 0.3 is 0 Å². The van der Waals surface area contributed by atoms with Crippen molar-refractivity contribution in [1.82, 2.24) is 9.88 Å². The molecular weight excluding hydrogens is 390 g/mol. The number of thiazole rings is 1. The van der Waals surface area contributed by atoms with Crippen molar-refractivity contribution in [3.8, 4) is 0 Å².